The Morgan fingerprint density at radius 2 is 1.80 bits per heavy atom. The molecule has 0 aliphatic heterocycles. The third-order valence-electron chi connectivity index (χ3n) is 3.22. The molecule has 0 radical (unpaired) electrons. The largest absolute Gasteiger partial charge is 0.348 e. The summed E-state index contributed by atoms with van der Waals surface area (Å²) in [6, 6.07) is 10.9. The maximum absolute atomic E-state index is 12.1. The topological polar surface area (TPSA) is 29.1 Å². The Morgan fingerprint density at radius 3 is 2.45 bits per heavy atom. The molecule has 0 atom stereocenters. The first-order valence-electron chi connectivity index (χ1n) is 6.27. The van der Waals surface area contributed by atoms with E-state index in [2.05, 4.69) is 5.32 Å². The number of aryl methyl sites for hydroxylation is 2. The van der Waals surface area contributed by atoms with E-state index in [4.69, 9.17) is 23.2 Å². The molecule has 104 valence electrons. The summed E-state index contributed by atoms with van der Waals surface area (Å²) in [5.41, 5.74) is 3.76. The molecule has 0 saturated heterocycles. The highest BCUT2D eigenvalue weighted by Crippen LogP contribution is 2.20. The fourth-order valence-electron chi connectivity index (χ4n) is 1.83. The van der Waals surface area contributed by atoms with Crippen molar-refractivity contribution in [2.45, 2.75) is 20.4 Å². The van der Waals surface area contributed by atoms with Crippen LogP contribution in [0.25, 0.3) is 0 Å². The molecule has 0 spiro atoms. The summed E-state index contributed by atoms with van der Waals surface area (Å²) in [7, 11) is 0. The third kappa shape index (κ3) is 3.53. The second kappa shape index (κ2) is 6.29. The van der Waals surface area contributed by atoms with Crippen LogP contribution in [0.4, 0.5) is 0 Å². The van der Waals surface area contributed by atoms with Gasteiger partial charge in [0.25, 0.3) is 5.91 Å². The average Bonchev–Trinajstić information content (AvgIpc) is 2.40. The van der Waals surface area contributed by atoms with Crippen molar-refractivity contribution >= 4 is 29.1 Å². The Hall–Kier alpha value is -1.51. The van der Waals surface area contributed by atoms with E-state index >= 15 is 0 Å². The van der Waals surface area contributed by atoms with Crippen molar-refractivity contribution in [2.75, 3.05) is 0 Å². The predicted octanol–water partition coefficient (Wildman–Crippen LogP) is 4.54. The van der Waals surface area contributed by atoms with E-state index in [0.717, 1.165) is 11.1 Å². The average molecular weight is 308 g/mol. The number of rotatable bonds is 3. The highest BCUT2D eigenvalue weighted by atomic mass is 35.5. The quantitative estimate of drug-likeness (QED) is 0.886. The third-order valence-corrected chi connectivity index (χ3v) is 3.81. The summed E-state index contributed by atoms with van der Waals surface area (Å²) in [6.45, 7) is 4.38. The van der Waals surface area contributed by atoms with Crippen LogP contribution in [0.3, 0.4) is 0 Å². The molecule has 0 heterocycles. The number of carbonyl (C=O) groups is 1. The van der Waals surface area contributed by atoms with Gasteiger partial charge >= 0.3 is 0 Å². The van der Waals surface area contributed by atoms with Gasteiger partial charge in [0.1, 0.15) is 0 Å². The predicted molar refractivity (Wildman–Crippen MR) is 83.5 cm³/mol. The van der Waals surface area contributed by atoms with Crippen LogP contribution in [-0.2, 0) is 6.54 Å². The highest BCUT2D eigenvalue weighted by Gasteiger charge is 2.08. The first-order valence-corrected chi connectivity index (χ1v) is 7.02. The lowest BCUT2D eigenvalue weighted by Crippen LogP contribution is -2.23. The molecule has 0 unspecified atom stereocenters. The standard InChI is InChI=1S/C16H15Cl2NO/c1-10-3-4-12(7-11(10)2)16(20)19-9-13-5-6-14(17)8-15(13)18/h3-8H,9H2,1-2H3,(H,19,20). The van der Waals surface area contributed by atoms with Gasteiger partial charge in [-0.15, -0.1) is 0 Å². The monoisotopic (exact) mass is 307 g/mol. The Kier molecular flexibility index (Phi) is 4.69. The molecule has 2 nitrogen and oxygen atoms in total. The van der Waals surface area contributed by atoms with Gasteiger partial charge in [0.05, 0.1) is 0 Å². The van der Waals surface area contributed by atoms with Gasteiger partial charge in [-0.25, -0.2) is 0 Å². The first kappa shape index (κ1) is 14.9. The molecule has 1 amide bonds. The summed E-state index contributed by atoms with van der Waals surface area (Å²) in [4.78, 5) is 12.1. The number of benzene rings is 2. The van der Waals surface area contributed by atoms with E-state index in [1.54, 1.807) is 12.1 Å². The van der Waals surface area contributed by atoms with Crippen LogP contribution in [0.15, 0.2) is 36.4 Å². The van der Waals surface area contributed by atoms with Crippen LogP contribution in [0.2, 0.25) is 10.0 Å². The Bertz CT molecular complexity index is 653. The van der Waals surface area contributed by atoms with Crippen LogP contribution < -0.4 is 5.32 Å². The molecule has 1 N–H and O–H groups in total. The van der Waals surface area contributed by atoms with E-state index in [1.165, 1.54) is 5.56 Å². The molecular formula is C16H15Cl2NO. The second-order valence-corrected chi connectivity index (χ2v) is 5.56. The maximum atomic E-state index is 12.1. The molecule has 0 aliphatic rings. The van der Waals surface area contributed by atoms with E-state index in [-0.39, 0.29) is 5.91 Å². The number of hydrogen-bond donors (Lipinski definition) is 1. The normalized spacial score (nSPS) is 10.4. The van der Waals surface area contributed by atoms with Crippen molar-refractivity contribution in [1.29, 1.82) is 0 Å². The smallest absolute Gasteiger partial charge is 0.251 e. The number of amides is 1. The molecule has 0 saturated carbocycles. The van der Waals surface area contributed by atoms with Crippen LogP contribution in [-0.4, -0.2) is 5.91 Å². The molecule has 2 rings (SSSR count). The summed E-state index contributed by atoms with van der Waals surface area (Å²) >= 11 is 11.9. The molecule has 4 heteroatoms. The minimum absolute atomic E-state index is 0.112. The van der Waals surface area contributed by atoms with Gasteiger partial charge < -0.3 is 5.32 Å². The summed E-state index contributed by atoms with van der Waals surface area (Å²) in [5.74, 6) is -0.112. The van der Waals surface area contributed by atoms with Crippen LogP contribution in [0, 0.1) is 13.8 Å². The Labute approximate surface area is 128 Å². The van der Waals surface area contributed by atoms with Crippen LogP contribution >= 0.6 is 23.2 Å². The van der Waals surface area contributed by atoms with Gasteiger partial charge in [0, 0.05) is 22.2 Å². The van der Waals surface area contributed by atoms with Crippen molar-refractivity contribution < 1.29 is 4.79 Å². The Morgan fingerprint density at radius 1 is 1.05 bits per heavy atom. The zero-order chi connectivity index (χ0) is 14.7. The fourth-order valence-corrected chi connectivity index (χ4v) is 2.30. The van der Waals surface area contributed by atoms with Crippen LogP contribution in [0.5, 0.6) is 0 Å². The van der Waals surface area contributed by atoms with Crippen molar-refractivity contribution in [3.63, 3.8) is 0 Å². The Balaban J connectivity index is 2.06. The van der Waals surface area contributed by atoms with Gasteiger partial charge in [0.2, 0.25) is 0 Å². The lowest BCUT2D eigenvalue weighted by molar-refractivity contribution is 0.0951. The maximum Gasteiger partial charge on any atom is 0.251 e. The number of halogens is 2. The molecule has 20 heavy (non-hydrogen) atoms. The molecule has 0 aromatic heterocycles. The fraction of sp³-hybridized carbons (Fsp3) is 0.188. The summed E-state index contributed by atoms with van der Waals surface area (Å²) in [6.07, 6.45) is 0. The molecule has 0 bridgehead atoms. The van der Waals surface area contributed by atoms with Gasteiger partial charge in [-0.05, 0) is 54.8 Å². The highest BCUT2D eigenvalue weighted by molar-refractivity contribution is 6.35. The number of hydrogen-bond acceptors (Lipinski definition) is 1. The van der Waals surface area contributed by atoms with Crippen LogP contribution in [0.1, 0.15) is 27.0 Å². The van der Waals surface area contributed by atoms with E-state index in [1.807, 2.05) is 38.1 Å². The first-order chi connectivity index (χ1) is 9.47. The van der Waals surface area contributed by atoms with Crippen molar-refractivity contribution in [1.82, 2.24) is 5.32 Å². The number of carbonyl (C=O) groups excluding carboxylic acids is 1. The van der Waals surface area contributed by atoms with E-state index in [0.29, 0.717) is 22.2 Å². The molecule has 2 aromatic rings. The van der Waals surface area contributed by atoms with E-state index in [9.17, 15) is 4.79 Å². The minimum atomic E-state index is -0.112. The lowest BCUT2D eigenvalue weighted by Gasteiger charge is -2.09. The van der Waals surface area contributed by atoms with Gasteiger partial charge in [0.15, 0.2) is 0 Å². The summed E-state index contributed by atoms with van der Waals surface area (Å²) < 4.78 is 0. The zero-order valence-electron chi connectivity index (χ0n) is 11.3. The SMILES string of the molecule is Cc1ccc(C(=O)NCc2ccc(Cl)cc2Cl)cc1C. The van der Waals surface area contributed by atoms with Crippen molar-refractivity contribution in [2.24, 2.45) is 0 Å². The molecule has 0 fully saturated rings. The number of nitrogens with one attached hydrogen (secondary N) is 1. The van der Waals surface area contributed by atoms with Gasteiger partial charge in [-0.3, -0.25) is 4.79 Å². The second-order valence-electron chi connectivity index (χ2n) is 4.72. The van der Waals surface area contributed by atoms with Gasteiger partial charge in [-0.2, -0.15) is 0 Å². The lowest BCUT2D eigenvalue weighted by atomic mass is 10.1. The van der Waals surface area contributed by atoms with Crippen molar-refractivity contribution in [3.05, 3.63) is 68.7 Å². The minimum Gasteiger partial charge on any atom is -0.348 e. The molecule has 0 aliphatic carbocycles. The van der Waals surface area contributed by atoms with E-state index < -0.39 is 0 Å². The van der Waals surface area contributed by atoms with Crippen molar-refractivity contribution in [3.8, 4) is 0 Å². The molecule has 2 aromatic carbocycles. The summed E-state index contributed by atoms with van der Waals surface area (Å²) in [5, 5.41) is 3.99. The molecular weight excluding hydrogens is 293 g/mol. The zero-order valence-corrected chi connectivity index (χ0v) is 12.8. The van der Waals surface area contributed by atoms with Gasteiger partial charge in [-0.1, -0.05) is 35.3 Å².